The van der Waals surface area contributed by atoms with E-state index in [1.54, 1.807) is 0 Å². The van der Waals surface area contributed by atoms with Crippen molar-refractivity contribution in [2.75, 3.05) is 26.2 Å². The van der Waals surface area contributed by atoms with Crippen LogP contribution in [0.1, 0.15) is 23.6 Å². The second-order valence-corrected chi connectivity index (χ2v) is 6.91. The van der Waals surface area contributed by atoms with E-state index in [0.29, 0.717) is 0 Å². The molecule has 1 heterocycles. The largest absolute Gasteiger partial charge is 0.315 e. The molecule has 2 aromatic rings. The van der Waals surface area contributed by atoms with Crippen molar-refractivity contribution in [3.8, 4) is 0 Å². The summed E-state index contributed by atoms with van der Waals surface area (Å²) < 4.78 is 1.15. The van der Waals surface area contributed by atoms with Gasteiger partial charge in [0.1, 0.15) is 0 Å². The zero-order valence-corrected chi connectivity index (χ0v) is 14.8. The number of hydrogen-bond donors (Lipinski definition) is 1. The number of rotatable bonds is 3. The van der Waals surface area contributed by atoms with Gasteiger partial charge in [0.2, 0.25) is 0 Å². The number of nitrogens with one attached hydrogen (secondary N) is 1. The summed E-state index contributed by atoms with van der Waals surface area (Å²) in [6.07, 6.45) is 1.17. The van der Waals surface area contributed by atoms with Crippen molar-refractivity contribution >= 4 is 27.5 Å². The third-order valence-corrected chi connectivity index (χ3v) is 5.06. The summed E-state index contributed by atoms with van der Waals surface area (Å²) >= 11 is 9.97. The van der Waals surface area contributed by atoms with Gasteiger partial charge in [0.15, 0.2) is 0 Å². The van der Waals surface area contributed by atoms with Gasteiger partial charge in [0.05, 0.1) is 6.04 Å². The van der Waals surface area contributed by atoms with Crippen LogP contribution in [0.5, 0.6) is 0 Å². The first kappa shape index (κ1) is 16.0. The van der Waals surface area contributed by atoms with Gasteiger partial charge < -0.3 is 5.32 Å². The first-order chi connectivity index (χ1) is 10.8. The van der Waals surface area contributed by atoms with Gasteiger partial charge in [-0.3, -0.25) is 4.90 Å². The SMILES string of the molecule is Clc1cccc(C(c2ccccc2Br)N2CCCNCC2)c1. The lowest BCUT2D eigenvalue weighted by Gasteiger charge is -2.32. The van der Waals surface area contributed by atoms with Crippen LogP contribution in [0.2, 0.25) is 5.02 Å². The van der Waals surface area contributed by atoms with E-state index in [2.05, 4.69) is 62.5 Å². The average Bonchev–Trinajstić information content (AvgIpc) is 2.79. The monoisotopic (exact) mass is 378 g/mol. The van der Waals surface area contributed by atoms with Gasteiger partial charge in [0.25, 0.3) is 0 Å². The molecule has 0 bridgehead atoms. The molecule has 0 spiro atoms. The fourth-order valence-corrected chi connectivity index (χ4v) is 3.79. The number of hydrogen-bond acceptors (Lipinski definition) is 2. The Hall–Kier alpha value is -0.870. The van der Waals surface area contributed by atoms with E-state index in [-0.39, 0.29) is 6.04 Å². The maximum atomic E-state index is 6.24. The quantitative estimate of drug-likeness (QED) is 0.845. The molecule has 1 aliphatic heterocycles. The molecule has 1 atom stereocenters. The summed E-state index contributed by atoms with van der Waals surface area (Å²) in [5.41, 5.74) is 2.55. The molecule has 0 amide bonds. The summed E-state index contributed by atoms with van der Waals surface area (Å²) in [7, 11) is 0. The maximum absolute atomic E-state index is 6.24. The van der Waals surface area contributed by atoms with E-state index >= 15 is 0 Å². The Bertz CT molecular complexity index is 624. The summed E-state index contributed by atoms with van der Waals surface area (Å²) in [5, 5.41) is 4.28. The number of halogens is 2. The fourth-order valence-electron chi connectivity index (χ4n) is 3.09. The molecule has 0 aromatic heterocycles. The Morgan fingerprint density at radius 2 is 1.91 bits per heavy atom. The molecule has 1 fully saturated rings. The van der Waals surface area contributed by atoms with Crippen molar-refractivity contribution in [1.29, 1.82) is 0 Å². The minimum Gasteiger partial charge on any atom is -0.315 e. The molecule has 0 aliphatic carbocycles. The Morgan fingerprint density at radius 1 is 1.05 bits per heavy atom. The highest BCUT2D eigenvalue weighted by Gasteiger charge is 2.24. The standard InChI is InChI=1S/C18H20BrClN2/c19-17-8-2-1-7-16(17)18(14-5-3-6-15(20)13-14)22-11-4-9-21-10-12-22/h1-3,5-8,13,18,21H,4,9-12H2. The minimum absolute atomic E-state index is 0.231. The lowest BCUT2D eigenvalue weighted by molar-refractivity contribution is 0.240. The molecule has 1 aliphatic rings. The molecule has 1 saturated heterocycles. The zero-order valence-electron chi connectivity index (χ0n) is 12.4. The van der Waals surface area contributed by atoms with E-state index in [1.165, 1.54) is 17.5 Å². The predicted octanol–water partition coefficient (Wildman–Crippen LogP) is 4.49. The fraction of sp³-hybridized carbons (Fsp3) is 0.333. The molecule has 22 heavy (non-hydrogen) atoms. The molecule has 1 unspecified atom stereocenters. The second kappa shape index (κ2) is 7.60. The third kappa shape index (κ3) is 3.72. The number of benzene rings is 2. The van der Waals surface area contributed by atoms with Crippen molar-refractivity contribution in [3.63, 3.8) is 0 Å². The van der Waals surface area contributed by atoms with Crippen molar-refractivity contribution in [3.05, 3.63) is 69.2 Å². The smallest absolute Gasteiger partial charge is 0.0613 e. The van der Waals surface area contributed by atoms with Crippen molar-refractivity contribution in [2.24, 2.45) is 0 Å². The van der Waals surface area contributed by atoms with E-state index < -0.39 is 0 Å². The third-order valence-electron chi connectivity index (χ3n) is 4.10. The van der Waals surface area contributed by atoms with Crippen LogP contribution in [-0.2, 0) is 0 Å². The molecule has 2 aromatic carbocycles. The molecular weight excluding hydrogens is 360 g/mol. The molecule has 0 saturated carbocycles. The van der Waals surface area contributed by atoms with Crippen molar-refractivity contribution in [1.82, 2.24) is 10.2 Å². The predicted molar refractivity (Wildman–Crippen MR) is 96.5 cm³/mol. The topological polar surface area (TPSA) is 15.3 Å². The van der Waals surface area contributed by atoms with Crippen LogP contribution in [0.4, 0.5) is 0 Å². The second-order valence-electron chi connectivity index (χ2n) is 5.62. The number of nitrogens with zero attached hydrogens (tertiary/aromatic N) is 1. The van der Waals surface area contributed by atoms with Crippen LogP contribution in [0.15, 0.2) is 53.0 Å². The average molecular weight is 380 g/mol. The molecular formula is C18H20BrClN2. The van der Waals surface area contributed by atoms with Gasteiger partial charge in [-0.2, -0.15) is 0 Å². The Morgan fingerprint density at radius 3 is 2.73 bits per heavy atom. The van der Waals surface area contributed by atoms with Gasteiger partial charge in [-0.05, 0) is 42.3 Å². The Balaban J connectivity index is 2.03. The van der Waals surface area contributed by atoms with Gasteiger partial charge in [-0.1, -0.05) is 57.9 Å². The van der Waals surface area contributed by atoms with Crippen molar-refractivity contribution < 1.29 is 0 Å². The lowest BCUT2D eigenvalue weighted by Crippen LogP contribution is -2.33. The maximum Gasteiger partial charge on any atom is 0.0613 e. The first-order valence-corrected chi connectivity index (χ1v) is 8.87. The summed E-state index contributed by atoms with van der Waals surface area (Å²) in [6.45, 7) is 4.25. The van der Waals surface area contributed by atoms with Crippen LogP contribution in [0.3, 0.4) is 0 Å². The highest BCUT2D eigenvalue weighted by molar-refractivity contribution is 9.10. The van der Waals surface area contributed by atoms with E-state index in [9.17, 15) is 0 Å². The normalized spacial score (nSPS) is 17.9. The Kier molecular flexibility index (Phi) is 5.53. The summed E-state index contributed by atoms with van der Waals surface area (Å²) in [6, 6.07) is 17.0. The molecule has 1 N–H and O–H groups in total. The van der Waals surface area contributed by atoms with Crippen molar-refractivity contribution in [2.45, 2.75) is 12.5 Å². The van der Waals surface area contributed by atoms with E-state index in [0.717, 1.165) is 35.7 Å². The van der Waals surface area contributed by atoms with E-state index in [4.69, 9.17) is 11.6 Å². The molecule has 0 radical (unpaired) electrons. The van der Waals surface area contributed by atoms with Crippen LogP contribution >= 0.6 is 27.5 Å². The van der Waals surface area contributed by atoms with E-state index in [1.807, 2.05) is 12.1 Å². The van der Waals surface area contributed by atoms with Gasteiger partial charge in [-0.25, -0.2) is 0 Å². The molecule has 4 heteroatoms. The van der Waals surface area contributed by atoms with Gasteiger partial charge in [-0.15, -0.1) is 0 Å². The Labute approximate surface area is 145 Å². The highest BCUT2D eigenvalue weighted by Crippen LogP contribution is 2.34. The minimum atomic E-state index is 0.231. The van der Waals surface area contributed by atoms with Crippen LogP contribution in [-0.4, -0.2) is 31.1 Å². The van der Waals surface area contributed by atoms with Crippen LogP contribution in [0, 0.1) is 0 Å². The lowest BCUT2D eigenvalue weighted by atomic mass is 9.97. The molecule has 2 nitrogen and oxygen atoms in total. The molecule has 116 valence electrons. The molecule has 3 rings (SSSR count). The van der Waals surface area contributed by atoms with Crippen LogP contribution < -0.4 is 5.32 Å². The van der Waals surface area contributed by atoms with Gasteiger partial charge in [0, 0.05) is 29.1 Å². The highest BCUT2D eigenvalue weighted by atomic mass is 79.9. The summed E-state index contributed by atoms with van der Waals surface area (Å²) in [5.74, 6) is 0. The van der Waals surface area contributed by atoms with Gasteiger partial charge >= 0.3 is 0 Å². The first-order valence-electron chi connectivity index (χ1n) is 7.70. The summed E-state index contributed by atoms with van der Waals surface area (Å²) in [4.78, 5) is 2.55. The zero-order chi connectivity index (χ0) is 15.4. The van der Waals surface area contributed by atoms with Crippen LogP contribution in [0.25, 0.3) is 0 Å².